The van der Waals surface area contributed by atoms with Gasteiger partial charge in [-0.1, -0.05) is 6.07 Å². The molecule has 4 nitrogen and oxygen atoms in total. The van der Waals surface area contributed by atoms with E-state index in [0.717, 1.165) is 12.1 Å². The van der Waals surface area contributed by atoms with Gasteiger partial charge in [-0.15, -0.1) is 0 Å². The molecule has 0 saturated carbocycles. The van der Waals surface area contributed by atoms with Crippen LogP contribution in [0.3, 0.4) is 0 Å². The number of carbonyl (C=O) groups is 1. The maximum atomic E-state index is 12.3. The number of carboxylic acids is 1. The van der Waals surface area contributed by atoms with E-state index in [0.29, 0.717) is 6.07 Å². The summed E-state index contributed by atoms with van der Waals surface area (Å²) in [4.78, 5) is 10.4. The number of aliphatic carboxylic acids is 1. The standard InChI is InChI=1S/C10H10F3NO3/c11-10(12,13)5-1-2-6(8(15)3-5)7(14)4-9(16)17/h1-3,7,15H,4,14H2,(H,16,17). The van der Waals surface area contributed by atoms with Crippen LogP contribution in [0.1, 0.15) is 23.6 Å². The van der Waals surface area contributed by atoms with Gasteiger partial charge in [-0.05, 0) is 12.1 Å². The highest BCUT2D eigenvalue weighted by atomic mass is 19.4. The molecule has 4 N–H and O–H groups in total. The van der Waals surface area contributed by atoms with Crippen molar-refractivity contribution in [2.75, 3.05) is 0 Å². The first kappa shape index (κ1) is 13.3. The minimum Gasteiger partial charge on any atom is -0.508 e. The monoisotopic (exact) mass is 249 g/mol. The molecule has 0 aliphatic heterocycles. The Balaban J connectivity index is 3.02. The Kier molecular flexibility index (Phi) is 3.62. The highest BCUT2D eigenvalue weighted by molar-refractivity contribution is 5.68. The number of benzene rings is 1. The van der Waals surface area contributed by atoms with Gasteiger partial charge in [0.15, 0.2) is 0 Å². The first-order chi connectivity index (χ1) is 7.71. The van der Waals surface area contributed by atoms with Gasteiger partial charge in [0.2, 0.25) is 0 Å². The number of phenols is 1. The molecule has 1 aromatic carbocycles. The smallest absolute Gasteiger partial charge is 0.416 e. The molecule has 0 fully saturated rings. The van der Waals surface area contributed by atoms with Gasteiger partial charge in [-0.3, -0.25) is 4.79 Å². The van der Waals surface area contributed by atoms with E-state index in [4.69, 9.17) is 10.8 Å². The van der Waals surface area contributed by atoms with Gasteiger partial charge in [0, 0.05) is 11.6 Å². The molecule has 0 amide bonds. The van der Waals surface area contributed by atoms with Crippen LogP contribution in [-0.4, -0.2) is 16.2 Å². The summed E-state index contributed by atoms with van der Waals surface area (Å²) in [5.74, 6) is -1.86. The third kappa shape index (κ3) is 3.35. The minimum absolute atomic E-state index is 0.0274. The largest absolute Gasteiger partial charge is 0.508 e. The van der Waals surface area contributed by atoms with Crippen molar-refractivity contribution in [2.24, 2.45) is 5.73 Å². The topological polar surface area (TPSA) is 83.6 Å². The molecule has 0 heterocycles. The van der Waals surface area contributed by atoms with Crippen LogP contribution in [0, 0.1) is 0 Å². The summed E-state index contributed by atoms with van der Waals surface area (Å²) in [6.07, 6.45) is -5.04. The predicted molar refractivity (Wildman–Crippen MR) is 52.3 cm³/mol. The fourth-order valence-electron chi connectivity index (χ4n) is 1.33. The Hall–Kier alpha value is -1.76. The second-order valence-electron chi connectivity index (χ2n) is 3.48. The summed E-state index contributed by atoms with van der Waals surface area (Å²) in [5, 5.41) is 17.8. The molecule has 0 aliphatic carbocycles. The van der Waals surface area contributed by atoms with Gasteiger partial charge in [-0.2, -0.15) is 13.2 Å². The Labute approximate surface area is 94.5 Å². The first-order valence-corrected chi connectivity index (χ1v) is 4.59. The summed E-state index contributed by atoms with van der Waals surface area (Å²) in [6.45, 7) is 0. The highest BCUT2D eigenvalue weighted by Gasteiger charge is 2.31. The fraction of sp³-hybridized carbons (Fsp3) is 0.300. The first-order valence-electron chi connectivity index (χ1n) is 4.59. The summed E-state index contributed by atoms with van der Waals surface area (Å²) in [7, 11) is 0. The second kappa shape index (κ2) is 4.62. The summed E-state index contributed by atoms with van der Waals surface area (Å²) >= 11 is 0. The van der Waals surface area contributed by atoms with Crippen LogP contribution in [-0.2, 0) is 11.0 Å². The van der Waals surface area contributed by atoms with Crippen molar-refractivity contribution in [3.63, 3.8) is 0 Å². The Bertz CT molecular complexity index is 431. The number of carboxylic acid groups (broad SMARTS) is 1. The average Bonchev–Trinajstić information content (AvgIpc) is 2.14. The van der Waals surface area contributed by atoms with Crippen LogP contribution >= 0.6 is 0 Å². The SMILES string of the molecule is NC(CC(=O)O)c1ccc(C(F)(F)F)cc1O. The van der Waals surface area contributed by atoms with E-state index in [1.807, 2.05) is 0 Å². The van der Waals surface area contributed by atoms with Gasteiger partial charge >= 0.3 is 12.1 Å². The number of aromatic hydroxyl groups is 1. The van der Waals surface area contributed by atoms with Crippen LogP contribution in [0.5, 0.6) is 5.75 Å². The zero-order chi connectivity index (χ0) is 13.2. The van der Waals surface area contributed by atoms with Gasteiger partial charge in [0.1, 0.15) is 5.75 Å². The van der Waals surface area contributed by atoms with Crippen molar-refractivity contribution in [1.29, 1.82) is 0 Å². The van der Waals surface area contributed by atoms with Gasteiger partial charge in [0.25, 0.3) is 0 Å². The number of nitrogens with two attached hydrogens (primary N) is 1. The summed E-state index contributed by atoms with van der Waals surface area (Å²) < 4.78 is 36.8. The van der Waals surface area contributed by atoms with Crippen molar-refractivity contribution in [2.45, 2.75) is 18.6 Å². The molecule has 1 rings (SSSR count). The Morgan fingerprint density at radius 2 is 2.00 bits per heavy atom. The summed E-state index contributed by atoms with van der Waals surface area (Å²) in [5.41, 5.74) is 4.39. The van der Waals surface area contributed by atoms with E-state index in [1.165, 1.54) is 0 Å². The molecule has 0 bridgehead atoms. The Morgan fingerprint density at radius 1 is 1.41 bits per heavy atom. The third-order valence-electron chi connectivity index (χ3n) is 2.15. The van der Waals surface area contributed by atoms with E-state index in [9.17, 15) is 23.1 Å². The van der Waals surface area contributed by atoms with Gasteiger partial charge in [-0.25, -0.2) is 0 Å². The van der Waals surface area contributed by atoms with Crippen LogP contribution in [0.4, 0.5) is 13.2 Å². The van der Waals surface area contributed by atoms with Crippen LogP contribution in [0.25, 0.3) is 0 Å². The van der Waals surface area contributed by atoms with E-state index in [-0.39, 0.29) is 5.56 Å². The van der Waals surface area contributed by atoms with Gasteiger partial charge < -0.3 is 15.9 Å². The van der Waals surface area contributed by atoms with Crippen LogP contribution < -0.4 is 5.73 Å². The van der Waals surface area contributed by atoms with E-state index in [1.54, 1.807) is 0 Å². The molecule has 17 heavy (non-hydrogen) atoms. The number of hydrogen-bond donors (Lipinski definition) is 3. The van der Waals surface area contributed by atoms with Crippen molar-refractivity contribution >= 4 is 5.97 Å². The lowest BCUT2D eigenvalue weighted by Gasteiger charge is -2.13. The maximum Gasteiger partial charge on any atom is 0.416 e. The number of rotatable bonds is 3. The molecule has 0 aromatic heterocycles. The number of alkyl halides is 3. The lowest BCUT2D eigenvalue weighted by atomic mass is 10.0. The van der Waals surface area contributed by atoms with Crippen LogP contribution in [0.2, 0.25) is 0 Å². The normalized spacial score (nSPS) is 13.4. The van der Waals surface area contributed by atoms with Crippen LogP contribution in [0.15, 0.2) is 18.2 Å². The zero-order valence-corrected chi connectivity index (χ0v) is 8.53. The molecule has 7 heteroatoms. The van der Waals surface area contributed by atoms with Crippen molar-refractivity contribution in [1.82, 2.24) is 0 Å². The fourth-order valence-corrected chi connectivity index (χ4v) is 1.33. The number of hydrogen-bond acceptors (Lipinski definition) is 3. The molecular weight excluding hydrogens is 239 g/mol. The van der Waals surface area contributed by atoms with Crippen molar-refractivity contribution in [3.8, 4) is 5.75 Å². The lowest BCUT2D eigenvalue weighted by Crippen LogP contribution is -2.15. The number of phenolic OH excluding ortho intramolecular Hbond substituents is 1. The average molecular weight is 249 g/mol. The van der Waals surface area contributed by atoms with E-state index < -0.39 is 35.9 Å². The zero-order valence-electron chi connectivity index (χ0n) is 8.53. The molecule has 0 radical (unpaired) electrons. The second-order valence-corrected chi connectivity index (χ2v) is 3.48. The minimum atomic E-state index is -4.56. The molecule has 0 saturated heterocycles. The van der Waals surface area contributed by atoms with Gasteiger partial charge in [0.05, 0.1) is 12.0 Å². The van der Waals surface area contributed by atoms with E-state index >= 15 is 0 Å². The molecule has 0 aliphatic rings. The maximum absolute atomic E-state index is 12.3. The lowest BCUT2D eigenvalue weighted by molar-refractivity contribution is -0.138. The highest BCUT2D eigenvalue weighted by Crippen LogP contribution is 2.34. The quantitative estimate of drug-likeness (QED) is 0.763. The third-order valence-corrected chi connectivity index (χ3v) is 2.15. The Morgan fingerprint density at radius 3 is 2.41 bits per heavy atom. The molecule has 1 unspecified atom stereocenters. The number of halogens is 3. The molecular formula is C10H10F3NO3. The molecule has 0 spiro atoms. The van der Waals surface area contributed by atoms with Crippen molar-refractivity contribution < 1.29 is 28.2 Å². The van der Waals surface area contributed by atoms with E-state index in [2.05, 4.69) is 0 Å². The molecule has 94 valence electrons. The van der Waals surface area contributed by atoms with Crippen molar-refractivity contribution in [3.05, 3.63) is 29.3 Å². The molecule has 1 atom stereocenters. The summed E-state index contributed by atoms with van der Waals surface area (Å²) in [6, 6.07) is 1.20. The predicted octanol–water partition coefficient (Wildman–Crippen LogP) is 1.89. The molecule has 1 aromatic rings.